The Morgan fingerprint density at radius 3 is 2.86 bits per heavy atom. The topological polar surface area (TPSA) is 16.4 Å². The number of likely N-dealkylation sites (tertiary alicyclic amines) is 1. The highest BCUT2D eigenvalue weighted by Gasteiger charge is 2.31. The van der Waals surface area contributed by atoms with Crippen molar-refractivity contribution in [3.05, 3.63) is 36.1 Å². The first-order chi connectivity index (χ1) is 10.5. The lowest BCUT2D eigenvalue weighted by atomic mass is 9.83. The average Bonchev–Trinajstić information content (AvgIpc) is 3.11. The Labute approximate surface area is 134 Å². The molecule has 1 saturated heterocycles. The predicted octanol–water partition coefficient (Wildman–Crippen LogP) is 5.44. The monoisotopic (exact) mass is 299 g/mol. The van der Waals surface area contributed by atoms with Crippen molar-refractivity contribution in [3.63, 3.8) is 0 Å². The summed E-state index contributed by atoms with van der Waals surface area (Å²) in [4.78, 5) is 2.56. The molecule has 22 heavy (non-hydrogen) atoms. The van der Waals surface area contributed by atoms with Crippen LogP contribution in [0.15, 0.2) is 34.9 Å². The first kappa shape index (κ1) is 15.6. The molecule has 1 aliphatic rings. The fourth-order valence-electron chi connectivity index (χ4n) is 3.62. The molecule has 1 aliphatic heterocycles. The van der Waals surface area contributed by atoms with Crippen molar-refractivity contribution in [2.24, 2.45) is 5.41 Å². The summed E-state index contributed by atoms with van der Waals surface area (Å²) in [5, 5.41) is 1.20. The molecule has 0 saturated carbocycles. The third-order valence-electron chi connectivity index (χ3n) is 5.75. The summed E-state index contributed by atoms with van der Waals surface area (Å²) in [6.07, 6.45) is 6.97. The molecule has 0 aliphatic carbocycles. The molecule has 0 N–H and O–H groups in total. The van der Waals surface area contributed by atoms with Crippen LogP contribution in [0.5, 0.6) is 0 Å². The van der Waals surface area contributed by atoms with Crippen LogP contribution in [0, 0.1) is 5.41 Å². The zero-order valence-electron chi connectivity index (χ0n) is 14.4. The standard InChI is InChI=1S/C20H29NO/c1-5-20(2,3)10-8-18-12-17(14-21(18)4)16-7-6-15-9-11-22-19(15)13-16/h6-7,9,11,13,17-18H,5,8,10,12,14H2,1-4H3. The third kappa shape index (κ3) is 3.22. The lowest BCUT2D eigenvalue weighted by Gasteiger charge is -2.26. The Morgan fingerprint density at radius 1 is 1.27 bits per heavy atom. The van der Waals surface area contributed by atoms with Gasteiger partial charge in [-0.1, -0.05) is 39.3 Å². The van der Waals surface area contributed by atoms with Crippen molar-refractivity contribution in [1.29, 1.82) is 0 Å². The molecule has 120 valence electrons. The van der Waals surface area contributed by atoms with Gasteiger partial charge in [0.15, 0.2) is 0 Å². The van der Waals surface area contributed by atoms with E-state index < -0.39 is 0 Å². The van der Waals surface area contributed by atoms with Gasteiger partial charge < -0.3 is 9.32 Å². The molecule has 1 aromatic carbocycles. The van der Waals surface area contributed by atoms with E-state index in [1.54, 1.807) is 6.26 Å². The van der Waals surface area contributed by atoms with Crippen LogP contribution >= 0.6 is 0 Å². The van der Waals surface area contributed by atoms with Gasteiger partial charge in [0.2, 0.25) is 0 Å². The maximum atomic E-state index is 5.56. The van der Waals surface area contributed by atoms with Crippen LogP contribution in [-0.2, 0) is 0 Å². The first-order valence-corrected chi connectivity index (χ1v) is 8.66. The van der Waals surface area contributed by atoms with Crippen LogP contribution in [0.4, 0.5) is 0 Å². The molecule has 2 heteroatoms. The van der Waals surface area contributed by atoms with E-state index in [2.05, 4.69) is 50.9 Å². The number of hydrogen-bond donors (Lipinski definition) is 0. The second kappa shape index (κ2) is 6.08. The van der Waals surface area contributed by atoms with Gasteiger partial charge in [0, 0.05) is 18.0 Å². The molecule has 3 rings (SSSR count). The number of fused-ring (bicyclic) bond motifs is 1. The molecule has 2 nitrogen and oxygen atoms in total. The highest BCUT2D eigenvalue weighted by molar-refractivity contribution is 5.77. The van der Waals surface area contributed by atoms with Gasteiger partial charge in [0.1, 0.15) is 5.58 Å². The maximum absolute atomic E-state index is 5.56. The van der Waals surface area contributed by atoms with Gasteiger partial charge in [-0.25, -0.2) is 0 Å². The molecule has 0 amide bonds. The SMILES string of the molecule is CCC(C)(C)CCC1CC(c2ccc3ccoc3c2)CN1C. The largest absolute Gasteiger partial charge is 0.464 e. The van der Waals surface area contributed by atoms with E-state index in [1.165, 1.54) is 43.2 Å². The van der Waals surface area contributed by atoms with E-state index in [1.807, 2.05) is 6.07 Å². The number of nitrogens with zero attached hydrogens (tertiary/aromatic N) is 1. The fourth-order valence-corrected chi connectivity index (χ4v) is 3.62. The van der Waals surface area contributed by atoms with Gasteiger partial charge in [-0.2, -0.15) is 0 Å². The number of hydrogen-bond acceptors (Lipinski definition) is 2. The molecule has 2 atom stereocenters. The molecule has 0 spiro atoms. The molecular formula is C20H29NO. The van der Waals surface area contributed by atoms with Gasteiger partial charge in [-0.3, -0.25) is 0 Å². The van der Waals surface area contributed by atoms with E-state index in [0.717, 1.165) is 11.6 Å². The van der Waals surface area contributed by atoms with E-state index in [-0.39, 0.29) is 0 Å². The summed E-state index contributed by atoms with van der Waals surface area (Å²) in [5.74, 6) is 0.647. The van der Waals surface area contributed by atoms with Crippen molar-refractivity contribution in [1.82, 2.24) is 4.90 Å². The first-order valence-electron chi connectivity index (χ1n) is 8.66. The summed E-state index contributed by atoms with van der Waals surface area (Å²) in [6, 6.07) is 9.49. The van der Waals surface area contributed by atoms with Crippen molar-refractivity contribution in [2.45, 2.75) is 58.4 Å². The van der Waals surface area contributed by atoms with Crippen molar-refractivity contribution in [2.75, 3.05) is 13.6 Å². The van der Waals surface area contributed by atoms with Gasteiger partial charge in [0.25, 0.3) is 0 Å². The Morgan fingerprint density at radius 2 is 2.09 bits per heavy atom. The van der Waals surface area contributed by atoms with Gasteiger partial charge in [0.05, 0.1) is 6.26 Å². The zero-order valence-corrected chi connectivity index (χ0v) is 14.4. The summed E-state index contributed by atoms with van der Waals surface area (Å²) in [7, 11) is 2.29. The van der Waals surface area contributed by atoms with Gasteiger partial charge >= 0.3 is 0 Å². The van der Waals surface area contributed by atoms with E-state index >= 15 is 0 Å². The van der Waals surface area contributed by atoms with Crippen LogP contribution in [0.2, 0.25) is 0 Å². The number of benzene rings is 1. The highest BCUT2D eigenvalue weighted by Crippen LogP contribution is 2.36. The summed E-state index contributed by atoms with van der Waals surface area (Å²) in [6.45, 7) is 8.26. The third-order valence-corrected chi connectivity index (χ3v) is 5.75. The summed E-state index contributed by atoms with van der Waals surface area (Å²) >= 11 is 0. The fraction of sp³-hybridized carbons (Fsp3) is 0.600. The smallest absolute Gasteiger partial charge is 0.134 e. The number of likely N-dealkylation sites (N-methyl/N-ethyl adjacent to an activating group) is 1. The average molecular weight is 299 g/mol. The van der Waals surface area contributed by atoms with Crippen LogP contribution < -0.4 is 0 Å². The van der Waals surface area contributed by atoms with Crippen LogP contribution in [0.1, 0.15) is 57.9 Å². The highest BCUT2D eigenvalue weighted by atomic mass is 16.3. The van der Waals surface area contributed by atoms with Crippen molar-refractivity contribution < 1.29 is 4.42 Å². The minimum Gasteiger partial charge on any atom is -0.464 e. The Balaban J connectivity index is 1.67. The molecule has 1 fully saturated rings. The number of furan rings is 1. The lowest BCUT2D eigenvalue weighted by Crippen LogP contribution is -2.26. The molecule has 2 aromatic rings. The van der Waals surface area contributed by atoms with Gasteiger partial charge in [-0.05, 0) is 55.3 Å². The van der Waals surface area contributed by atoms with Crippen molar-refractivity contribution >= 4 is 11.0 Å². The Kier molecular flexibility index (Phi) is 4.31. The minimum absolute atomic E-state index is 0.478. The quantitative estimate of drug-likeness (QED) is 0.731. The Hall–Kier alpha value is -1.28. The molecule has 1 aromatic heterocycles. The van der Waals surface area contributed by atoms with E-state index in [4.69, 9.17) is 4.42 Å². The van der Waals surface area contributed by atoms with Gasteiger partial charge in [-0.15, -0.1) is 0 Å². The van der Waals surface area contributed by atoms with Crippen LogP contribution in [-0.4, -0.2) is 24.5 Å². The van der Waals surface area contributed by atoms with E-state index in [0.29, 0.717) is 11.3 Å². The second-order valence-corrected chi connectivity index (χ2v) is 7.80. The minimum atomic E-state index is 0.478. The normalized spacial score (nSPS) is 23.5. The summed E-state index contributed by atoms with van der Waals surface area (Å²) < 4.78 is 5.56. The lowest BCUT2D eigenvalue weighted by molar-refractivity contribution is 0.237. The predicted molar refractivity (Wildman–Crippen MR) is 93.3 cm³/mol. The second-order valence-electron chi connectivity index (χ2n) is 7.80. The molecule has 0 radical (unpaired) electrons. The maximum Gasteiger partial charge on any atom is 0.134 e. The Bertz CT molecular complexity index is 627. The van der Waals surface area contributed by atoms with Crippen LogP contribution in [0.3, 0.4) is 0 Å². The van der Waals surface area contributed by atoms with E-state index in [9.17, 15) is 0 Å². The zero-order chi connectivity index (χ0) is 15.7. The van der Waals surface area contributed by atoms with Crippen molar-refractivity contribution in [3.8, 4) is 0 Å². The molecule has 0 bridgehead atoms. The number of rotatable bonds is 5. The molecule has 2 unspecified atom stereocenters. The summed E-state index contributed by atoms with van der Waals surface area (Å²) in [5.41, 5.74) is 2.94. The molecular weight excluding hydrogens is 270 g/mol. The van der Waals surface area contributed by atoms with Crippen LogP contribution in [0.25, 0.3) is 11.0 Å². The molecule has 2 heterocycles.